The first-order chi connectivity index (χ1) is 12.8. The van der Waals surface area contributed by atoms with Crippen molar-refractivity contribution in [1.29, 1.82) is 0 Å². The lowest BCUT2D eigenvalue weighted by atomic mass is 10.1. The van der Waals surface area contributed by atoms with E-state index in [1.54, 1.807) is 7.11 Å². The molecule has 0 amide bonds. The van der Waals surface area contributed by atoms with Crippen molar-refractivity contribution >= 4 is 10.9 Å². The van der Waals surface area contributed by atoms with E-state index in [-0.39, 0.29) is 12.1 Å². The Morgan fingerprint density at radius 1 is 1.15 bits per heavy atom. The van der Waals surface area contributed by atoms with Crippen molar-refractivity contribution in [3.05, 3.63) is 53.7 Å². The third kappa shape index (κ3) is 2.70. The molecule has 2 aliphatic heterocycles. The molecule has 26 heavy (non-hydrogen) atoms. The Hall–Kier alpha value is -2.31. The summed E-state index contributed by atoms with van der Waals surface area (Å²) in [6, 6.07) is 12.8. The summed E-state index contributed by atoms with van der Waals surface area (Å²) in [6.45, 7) is 2.74. The zero-order chi connectivity index (χ0) is 17.5. The molecule has 0 spiro atoms. The van der Waals surface area contributed by atoms with Gasteiger partial charge in [-0.3, -0.25) is 9.88 Å². The number of methoxy groups -OCH3 is 1. The number of benzene rings is 1. The Morgan fingerprint density at radius 3 is 3.00 bits per heavy atom. The molecule has 2 aliphatic rings. The first-order valence-electron chi connectivity index (χ1n) is 9.35. The molecule has 0 aliphatic carbocycles. The van der Waals surface area contributed by atoms with E-state index >= 15 is 0 Å². The Balaban J connectivity index is 1.44. The zero-order valence-electron chi connectivity index (χ0n) is 15.0. The first kappa shape index (κ1) is 15.9. The molecule has 2 atom stereocenters. The first-order valence-corrected chi connectivity index (χ1v) is 9.35. The zero-order valence-corrected chi connectivity index (χ0v) is 15.0. The lowest BCUT2D eigenvalue weighted by molar-refractivity contribution is 0.107. The number of fused-ring (bicyclic) bond motifs is 2. The molecule has 6 heteroatoms. The smallest absolute Gasteiger partial charge is 0.150 e. The molecular formula is C20H23N5O. The molecule has 1 saturated heterocycles. The van der Waals surface area contributed by atoms with Crippen LogP contribution in [-0.4, -0.2) is 44.4 Å². The summed E-state index contributed by atoms with van der Waals surface area (Å²) < 4.78 is 7.99. The fourth-order valence-corrected chi connectivity index (χ4v) is 4.30. The average molecular weight is 349 g/mol. The fraction of sp³-hybridized carbons (Fsp3) is 0.450. The minimum atomic E-state index is 0.231. The van der Waals surface area contributed by atoms with E-state index in [4.69, 9.17) is 9.72 Å². The quantitative estimate of drug-likeness (QED) is 0.725. The number of rotatable bonds is 4. The number of para-hydroxylation sites is 1. The maximum absolute atomic E-state index is 5.68. The highest BCUT2D eigenvalue weighted by Gasteiger charge is 2.37. The SMILES string of the molecule is CO[C@@H]1C[C@@H](c2nnc3n2CCC3)N(Cc2ccc3ccccc3n2)C1. The second-order valence-electron chi connectivity index (χ2n) is 7.26. The van der Waals surface area contributed by atoms with E-state index in [2.05, 4.69) is 50.0 Å². The lowest BCUT2D eigenvalue weighted by Crippen LogP contribution is -2.27. The number of aryl methyl sites for hydroxylation is 1. The van der Waals surface area contributed by atoms with Gasteiger partial charge in [0.15, 0.2) is 5.82 Å². The summed E-state index contributed by atoms with van der Waals surface area (Å²) in [7, 11) is 1.80. The molecule has 6 nitrogen and oxygen atoms in total. The Morgan fingerprint density at radius 2 is 2.08 bits per heavy atom. The van der Waals surface area contributed by atoms with Crippen LogP contribution in [0.15, 0.2) is 36.4 Å². The molecule has 0 radical (unpaired) electrons. The normalized spacial score (nSPS) is 23.0. The number of hydrogen-bond acceptors (Lipinski definition) is 5. The van der Waals surface area contributed by atoms with E-state index in [0.29, 0.717) is 0 Å². The molecule has 2 aromatic heterocycles. The maximum atomic E-state index is 5.68. The van der Waals surface area contributed by atoms with Gasteiger partial charge in [-0.25, -0.2) is 0 Å². The van der Waals surface area contributed by atoms with Gasteiger partial charge >= 0.3 is 0 Å². The van der Waals surface area contributed by atoms with Crippen molar-refractivity contribution < 1.29 is 4.74 Å². The molecular weight excluding hydrogens is 326 g/mol. The average Bonchev–Trinajstić information content (AvgIpc) is 3.37. The van der Waals surface area contributed by atoms with E-state index in [9.17, 15) is 0 Å². The highest BCUT2D eigenvalue weighted by atomic mass is 16.5. The molecule has 3 aromatic rings. The highest BCUT2D eigenvalue weighted by molar-refractivity contribution is 5.78. The van der Waals surface area contributed by atoms with E-state index in [0.717, 1.165) is 55.3 Å². The van der Waals surface area contributed by atoms with Crippen LogP contribution in [0.5, 0.6) is 0 Å². The molecule has 0 N–H and O–H groups in total. The maximum Gasteiger partial charge on any atom is 0.150 e. The van der Waals surface area contributed by atoms with Crippen molar-refractivity contribution in [3.8, 4) is 0 Å². The van der Waals surface area contributed by atoms with Gasteiger partial charge in [0.1, 0.15) is 5.82 Å². The van der Waals surface area contributed by atoms with Crippen LogP contribution in [0.3, 0.4) is 0 Å². The van der Waals surface area contributed by atoms with Crippen molar-refractivity contribution in [2.24, 2.45) is 0 Å². The third-order valence-corrected chi connectivity index (χ3v) is 5.66. The summed E-state index contributed by atoms with van der Waals surface area (Å²) in [5.74, 6) is 2.22. The van der Waals surface area contributed by atoms with Crippen LogP contribution in [0.1, 0.15) is 36.2 Å². The second kappa shape index (κ2) is 6.45. The predicted octanol–water partition coefficient (Wildman–Crippen LogP) is 2.73. The van der Waals surface area contributed by atoms with Gasteiger partial charge in [0.25, 0.3) is 0 Å². The van der Waals surface area contributed by atoms with Crippen LogP contribution in [0.4, 0.5) is 0 Å². The molecule has 4 heterocycles. The number of nitrogens with zero attached hydrogens (tertiary/aromatic N) is 5. The van der Waals surface area contributed by atoms with Crippen molar-refractivity contribution in [3.63, 3.8) is 0 Å². The number of likely N-dealkylation sites (tertiary alicyclic amines) is 1. The number of aromatic nitrogens is 4. The molecule has 134 valence electrons. The van der Waals surface area contributed by atoms with Gasteiger partial charge in [0, 0.05) is 38.6 Å². The van der Waals surface area contributed by atoms with Crippen molar-refractivity contribution in [1.82, 2.24) is 24.6 Å². The molecule has 0 saturated carbocycles. The summed E-state index contributed by atoms with van der Waals surface area (Å²) in [4.78, 5) is 7.30. The molecule has 5 rings (SSSR count). The van der Waals surface area contributed by atoms with Crippen LogP contribution in [0.2, 0.25) is 0 Å². The summed E-state index contributed by atoms with van der Waals surface area (Å²) in [5.41, 5.74) is 2.14. The van der Waals surface area contributed by atoms with Crippen molar-refractivity contribution in [2.75, 3.05) is 13.7 Å². The Bertz CT molecular complexity index is 937. The number of pyridine rings is 1. The van der Waals surface area contributed by atoms with Gasteiger partial charge in [0.2, 0.25) is 0 Å². The van der Waals surface area contributed by atoms with Gasteiger partial charge in [0.05, 0.1) is 23.4 Å². The minimum absolute atomic E-state index is 0.231. The summed E-state index contributed by atoms with van der Waals surface area (Å²) >= 11 is 0. The van der Waals surface area contributed by atoms with Crippen LogP contribution < -0.4 is 0 Å². The summed E-state index contributed by atoms with van der Waals surface area (Å²) in [6.07, 6.45) is 3.40. The van der Waals surface area contributed by atoms with Gasteiger partial charge in [-0.1, -0.05) is 24.3 Å². The molecule has 0 unspecified atom stereocenters. The molecule has 1 fully saturated rings. The van der Waals surface area contributed by atoms with E-state index < -0.39 is 0 Å². The van der Waals surface area contributed by atoms with E-state index in [1.807, 2.05) is 6.07 Å². The highest BCUT2D eigenvalue weighted by Crippen LogP contribution is 2.35. The number of hydrogen-bond donors (Lipinski definition) is 0. The monoisotopic (exact) mass is 349 g/mol. The van der Waals surface area contributed by atoms with Crippen LogP contribution in [-0.2, 0) is 24.2 Å². The van der Waals surface area contributed by atoms with Crippen molar-refractivity contribution in [2.45, 2.75) is 44.5 Å². The number of ether oxygens (including phenoxy) is 1. The van der Waals surface area contributed by atoms with Crippen LogP contribution in [0, 0.1) is 0 Å². The van der Waals surface area contributed by atoms with Gasteiger partial charge in [-0.05, 0) is 25.0 Å². The van der Waals surface area contributed by atoms with Gasteiger partial charge in [-0.15, -0.1) is 10.2 Å². The van der Waals surface area contributed by atoms with Crippen LogP contribution >= 0.6 is 0 Å². The lowest BCUT2D eigenvalue weighted by Gasteiger charge is -2.23. The fourth-order valence-electron chi connectivity index (χ4n) is 4.30. The predicted molar refractivity (Wildman–Crippen MR) is 98.7 cm³/mol. The largest absolute Gasteiger partial charge is 0.380 e. The van der Waals surface area contributed by atoms with Gasteiger partial charge in [-0.2, -0.15) is 0 Å². The Labute approximate surface area is 152 Å². The minimum Gasteiger partial charge on any atom is -0.380 e. The third-order valence-electron chi connectivity index (χ3n) is 5.66. The van der Waals surface area contributed by atoms with E-state index in [1.165, 1.54) is 11.8 Å². The molecule has 1 aromatic carbocycles. The summed E-state index contributed by atoms with van der Waals surface area (Å²) in [5, 5.41) is 10.1. The Kier molecular flexibility index (Phi) is 3.94. The molecule has 0 bridgehead atoms. The topological polar surface area (TPSA) is 56.1 Å². The second-order valence-corrected chi connectivity index (χ2v) is 7.26. The van der Waals surface area contributed by atoms with Gasteiger partial charge < -0.3 is 9.30 Å². The standard InChI is InChI=1S/C20H23N5O/c1-26-16-11-18(20-23-22-19-7-4-10-25(19)20)24(13-16)12-15-9-8-14-5-2-3-6-17(14)21-15/h2-3,5-6,8-9,16,18H,4,7,10-13H2,1H3/t16-,18+/m1/s1. The van der Waals surface area contributed by atoms with Crippen LogP contribution in [0.25, 0.3) is 10.9 Å².